The number of benzene rings is 2. The molecule has 0 bridgehead atoms. The molecular formula is C19H18ClNO3. The second-order valence-corrected chi connectivity index (χ2v) is 6.54. The van der Waals surface area contributed by atoms with Crippen molar-refractivity contribution in [3.05, 3.63) is 70.7 Å². The van der Waals surface area contributed by atoms with Crippen molar-refractivity contribution in [2.24, 2.45) is 5.92 Å². The van der Waals surface area contributed by atoms with E-state index in [4.69, 9.17) is 11.6 Å². The van der Waals surface area contributed by atoms with E-state index in [1.54, 1.807) is 24.3 Å². The van der Waals surface area contributed by atoms with E-state index in [-0.39, 0.29) is 11.8 Å². The maximum absolute atomic E-state index is 12.2. The second kappa shape index (κ2) is 7.05. The average Bonchev–Trinajstić information content (AvgIpc) is 3.33. The minimum Gasteiger partial charge on any atom is -0.479 e. The van der Waals surface area contributed by atoms with Crippen LogP contribution in [-0.2, 0) is 9.59 Å². The molecule has 2 aromatic rings. The van der Waals surface area contributed by atoms with Gasteiger partial charge in [0.25, 0.3) is 0 Å². The van der Waals surface area contributed by atoms with Gasteiger partial charge in [-0.25, -0.2) is 4.79 Å². The average molecular weight is 344 g/mol. The van der Waals surface area contributed by atoms with Crippen LogP contribution in [0, 0.1) is 5.92 Å². The molecule has 0 saturated heterocycles. The third-order valence-electron chi connectivity index (χ3n) is 4.35. The minimum atomic E-state index is -1.08. The summed E-state index contributed by atoms with van der Waals surface area (Å²) >= 11 is 5.82. The zero-order valence-electron chi connectivity index (χ0n) is 13.0. The molecule has 2 N–H and O–H groups in total. The Morgan fingerprint density at radius 3 is 2.42 bits per heavy atom. The van der Waals surface area contributed by atoms with Crippen molar-refractivity contribution in [1.82, 2.24) is 5.32 Å². The number of rotatable bonds is 6. The lowest BCUT2D eigenvalue weighted by Gasteiger charge is -2.15. The summed E-state index contributed by atoms with van der Waals surface area (Å²) in [6.07, 6.45) is 1.31. The summed E-state index contributed by atoms with van der Waals surface area (Å²) < 4.78 is 0. The fraction of sp³-hybridized carbons (Fsp3) is 0.263. The van der Waals surface area contributed by atoms with Crippen LogP contribution in [0.4, 0.5) is 0 Å². The van der Waals surface area contributed by atoms with Crippen LogP contribution in [0.2, 0.25) is 5.02 Å². The lowest BCUT2D eigenvalue weighted by molar-refractivity contribution is -0.142. The number of amides is 1. The Labute approximate surface area is 145 Å². The molecule has 0 heterocycles. The van der Waals surface area contributed by atoms with Crippen LogP contribution in [0.3, 0.4) is 0 Å². The summed E-state index contributed by atoms with van der Waals surface area (Å²) in [7, 11) is 0. The standard InChI is InChI=1S/C19H18ClNO3/c20-15-8-6-13(7-9-15)18(19(23)24)21-17(22)11-14-10-16(14)12-4-2-1-3-5-12/h1-9,14,16,18H,10-11H2,(H,21,22)(H,23,24)/t14-,16-,18?/m0/s1. The molecule has 3 rings (SSSR count). The topological polar surface area (TPSA) is 66.4 Å². The van der Waals surface area contributed by atoms with Gasteiger partial charge in [0.15, 0.2) is 6.04 Å². The van der Waals surface area contributed by atoms with Crippen LogP contribution in [-0.4, -0.2) is 17.0 Å². The Morgan fingerprint density at radius 2 is 1.79 bits per heavy atom. The van der Waals surface area contributed by atoms with Crippen LogP contribution in [0.5, 0.6) is 0 Å². The highest BCUT2D eigenvalue weighted by atomic mass is 35.5. The summed E-state index contributed by atoms with van der Waals surface area (Å²) in [6, 6.07) is 15.5. The largest absolute Gasteiger partial charge is 0.479 e. The zero-order valence-corrected chi connectivity index (χ0v) is 13.7. The molecular weight excluding hydrogens is 326 g/mol. The third-order valence-corrected chi connectivity index (χ3v) is 4.61. The van der Waals surface area contributed by atoms with Gasteiger partial charge in [0, 0.05) is 11.4 Å². The van der Waals surface area contributed by atoms with E-state index < -0.39 is 12.0 Å². The van der Waals surface area contributed by atoms with Crippen molar-refractivity contribution in [3.63, 3.8) is 0 Å². The lowest BCUT2D eigenvalue weighted by atomic mass is 10.1. The van der Waals surface area contributed by atoms with Gasteiger partial charge in [-0.2, -0.15) is 0 Å². The SMILES string of the molecule is O=C(C[C@@H]1C[C@H]1c1ccccc1)NC(C(=O)O)c1ccc(Cl)cc1. The first-order valence-electron chi connectivity index (χ1n) is 7.87. The predicted octanol–water partition coefficient (Wildman–Crippen LogP) is 3.78. The number of carboxylic acids is 1. The van der Waals surface area contributed by atoms with Gasteiger partial charge >= 0.3 is 5.97 Å². The third kappa shape index (κ3) is 3.95. The molecule has 0 aromatic heterocycles. The fourth-order valence-electron chi connectivity index (χ4n) is 2.98. The number of carbonyl (C=O) groups excluding carboxylic acids is 1. The Balaban J connectivity index is 1.59. The van der Waals surface area contributed by atoms with Crippen molar-refractivity contribution in [3.8, 4) is 0 Å². The first-order valence-corrected chi connectivity index (χ1v) is 8.25. The fourth-order valence-corrected chi connectivity index (χ4v) is 3.11. The van der Waals surface area contributed by atoms with E-state index in [1.807, 2.05) is 18.2 Å². The van der Waals surface area contributed by atoms with Gasteiger partial charge in [0.1, 0.15) is 0 Å². The first-order chi connectivity index (χ1) is 11.5. The number of hydrogen-bond donors (Lipinski definition) is 2. The maximum atomic E-state index is 12.2. The number of hydrogen-bond acceptors (Lipinski definition) is 2. The zero-order chi connectivity index (χ0) is 17.1. The van der Waals surface area contributed by atoms with Crippen molar-refractivity contribution in [2.75, 3.05) is 0 Å². The summed E-state index contributed by atoms with van der Waals surface area (Å²) in [5.74, 6) is -0.635. The predicted molar refractivity (Wildman–Crippen MR) is 91.9 cm³/mol. The van der Waals surface area contributed by atoms with Gasteiger partial charge in [-0.3, -0.25) is 4.79 Å². The van der Waals surface area contributed by atoms with Crippen LogP contribution in [0.15, 0.2) is 54.6 Å². The molecule has 1 aliphatic rings. The van der Waals surface area contributed by atoms with Gasteiger partial charge in [0.2, 0.25) is 5.91 Å². The highest BCUT2D eigenvalue weighted by Gasteiger charge is 2.39. The Morgan fingerprint density at radius 1 is 1.12 bits per heavy atom. The van der Waals surface area contributed by atoms with Crippen LogP contribution in [0.1, 0.15) is 35.9 Å². The van der Waals surface area contributed by atoms with Gasteiger partial charge in [-0.1, -0.05) is 54.1 Å². The first kappa shape index (κ1) is 16.5. The van der Waals surface area contributed by atoms with Crippen LogP contribution in [0.25, 0.3) is 0 Å². The molecule has 3 atom stereocenters. The Kier molecular flexibility index (Phi) is 4.86. The van der Waals surface area contributed by atoms with E-state index in [2.05, 4.69) is 17.4 Å². The van der Waals surface area contributed by atoms with Crippen molar-refractivity contribution >= 4 is 23.5 Å². The van der Waals surface area contributed by atoms with E-state index in [0.717, 1.165) is 6.42 Å². The van der Waals surface area contributed by atoms with Crippen LogP contribution < -0.4 is 5.32 Å². The van der Waals surface area contributed by atoms with Gasteiger partial charge in [0.05, 0.1) is 0 Å². The van der Waals surface area contributed by atoms with Gasteiger partial charge in [-0.05, 0) is 41.5 Å². The molecule has 1 aliphatic carbocycles. The minimum absolute atomic E-state index is 0.235. The number of carbonyl (C=O) groups is 2. The quantitative estimate of drug-likeness (QED) is 0.838. The summed E-state index contributed by atoms with van der Waals surface area (Å²) in [5.41, 5.74) is 1.75. The summed E-state index contributed by atoms with van der Waals surface area (Å²) in [4.78, 5) is 23.7. The summed E-state index contributed by atoms with van der Waals surface area (Å²) in [5, 5.41) is 12.5. The smallest absolute Gasteiger partial charge is 0.330 e. The van der Waals surface area contributed by atoms with E-state index in [1.165, 1.54) is 5.56 Å². The normalized spacial score (nSPS) is 20.2. The van der Waals surface area contributed by atoms with E-state index in [0.29, 0.717) is 22.9 Å². The molecule has 1 fully saturated rings. The highest BCUT2D eigenvalue weighted by molar-refractivity contribution is 6.30. The monoisotopic (exact) mass is 343 g/mol. The molecule has 1 saturated carbocycles. The Bertz CT molecular complexity index is 730. The molecule has 0 radical (unpaired) electrons. The van der Waals surface area contributed by atoms with Crippen molar-refractivity contribution in [1.29, 1.82) is 0 Å². The van der Waals surface area contributed by atoms with Crippen molar-refractivity contribution in [2.45, 2.75) is 24.8 Å². The van der Waals surface area contributed by atoms with Crippen molar-refractivity contribution < 1.29 is 14.7 Å². The van der Waals surface area contributed by atoms with E-state index in [9.17, 15) is 14.7 Å². The molecule has 0 spiro atoms. The molecule has 2 aromatic carbocycles. The molecule has 0 aliphatic heterocycles. The molecule has 5 heteroatoms. The molecule has 1 amide bonds. The number of halogens is 1. The molecule has 124 valence electrons. The molecule has 24 heavy (non-hydrogen) atoms. The second-order valence-electron chi connectivity index (χ2n) is 6.11. The number of nitrogens with one attached hydrogen (secondary N) is 1. The molecule has 4 nitrogen and oxygen atoms in total. The van der Waals surface area contributed by atoms with Gasteiger partial charge in [-0.15, -0.1) is 0 Å². The van der Waals surface area contributed by atoms with Crippen LogP contribution >= 0.6 is 11.6 Å². The summed E-state index contributed by atoms with van der Waals surface area (Å²) in [6.45, 7) is 0. The maximum Gasteiger partial charge on any atom is 0.330 e. The number of carboxylic acid groups (broad SMARTS) is 1. The van der Waals surface area contributed by atoms with E-state index >= 15 is 0 Å². The van der Waals surface area contributed by atoms with Gasteiger partial charge < -0.3 is 10.4 Å². The Hall–Kier alpha value is -2.33. The number of aliphatic carboxylic acids is 1. The highest BCUT2D eigenvalue weighted by Crippen LogP contribution is 2.49. The lowest BCUT2D eigenvalue weighted by Crippen LogP contribution is -2.33. The molecule has 1 unspecified atom stereocenters.